The summed E-state index contributed by atoms with van der Waals surface area (Å²) in [5, 5.41) is 14.1. The van der Waals surface area contributed by atoms with Crippen molar-refractivity contribution in [2.45, 2.75) is 13.0 Å². The normalized spacial score (nSPS) is 11.8. The summed E-state index contributed by atoms with van der Waals surface area (Å²) in [4.78, 5) is 10.5. The number of rotatable bonds is 5. The molecule has 1 unspecified atom stereocenters. The Morgan fingerprint density at radius 3 is 2.48 bits per heavy atom. The molecule has 1 N–H and O–H groups in total. The zero-order valence-corrected chi connectivity index (χ0v) is 13.8. The number of ether oxygens (including phenoxy) is 1. The van der Waals surface area contributed by atoms with Gasteiger partial charge in [-0.3, -0.25) is 10.1 Å². The van der Waals surface area contributed by atoms with E-state index in [1.165, 1.54) is 12.1 Å². The summed E-state index contributed by atoms with van der Waals surface area (Å²) >= 11 is 2.25. The second-order valence-electron chi connectivity index (χ2n) is 4.56. The lowest BCUT2D eigenvalue weighted by atomic mass is 10.1. The Balaban J connectivity index is 2.26. The minimum Gasteiger partial charge on any atom is -0.495 e. The van der Waals surface area contributed by atoms with E-state index in [2.05, 4.69) is 27.9 Å². The highest BCUT2D eigenvalue weighted by atomic mass is 127. The van der Waals surface area contributed by atoms with Gasteiger partial charge in [0, 0.05) is 21.7 Å². The molecule has 0 aromatic heterocycles. The Labute approximate surface area is 136 Å². The molecule has 2 aromatic rings. The largest absolute Gasteiger partial charge is 0.495 e. The SMILES string of the molecule is COc1ccc([N+](=O)[O-])cc1NC(C)c1ccc(I)cc1. The molecule has 0 heterocycles. The first-order chi connectivity index (χ1) is 10.0. The smallest absolute Gasteiger partial charge is 0.271 e. The van der Waals surface area contributed by atoms with Gasteiger partial charge < -0.3 is 10.1 Å². The Bertz CT molecular complexity index is 644. The molecule has 2 aromatic carbocycles. The van der Waals surface area contributed by atoms with E-state index in [1.807, 2.05) is 31.2 Å². The zero-order valence-electron chi connectivity index (χ0n) is 11.7. The van der Waals surface area contributed by atoms with Gasteiger partial charge in [0.15, 0.2) is 0 Å². The van der Waals surface area contributed by atoms with Crippen LogP contribution in [-0.4, -0.2) is 12.0 Å². The minimum atomic E-state index is -0.417. The summed E-state index contributed by atoms with van der Waals surface area (Å²) in [7, 11) is 1.54. The number of nitrogens with zero attached hydrogens (tertiary/aromatic N) is 1. The van der Waals surface area contributed by atoms with Crippen molar-refractivity contribution in [3.05, 3.63) is 61.7 Å². The molecule has 0 aliphatic heterocycles. The maximum absolute atomic E-state index is 10.9. The zero-order chi connectivity index (χ0) is 15.4. The van der Waals surface area contributed by atoms with Gasteiger partial charge in [0.05, 0.1) is 17.7 Å². The van der Waals surface area contributed by atoms with Gasteiger partial charge in [-0.15, -0.1) is 0 Å². The molecule has 0 aliphatic rings. The van der Waals surface area contributed by atoms with E-state index in [9.17, 15) is 10.1 Å². The lowest BCUT2D eigenvalue weighted by Gasteiger charge is -2.18. The predicted molar refractivity (Wildman–Crippen MR) is 90.8 cm³/mol. The van der Waals surface area contributed by atoms with Crippen molar-refractivity contribution >= 4 is 34.0 Å². The summed E-state index contributed by atoms with van der Waals surface area (Å²) in [5.74, 6) is 0.581. The number of hydrogen-bond acceptors (Lipinski definition) is 4. The molecule has 0 saturated heterocycles. The van der Waals surface area contributed by atoms with Crippen molar-refractivity contribution in [1.82, 2.24) is 0 Å². The summed E-state index contributed by atoms with van der Waals surface area (Å²) < 4.78 is 6.41. The summed E-state index contributed by atoms with van der Waals surface area (Å²) in [6, 6.07) is 12.6. The van der Waals surface area contributed by atoms with Gasteiger partial charge >= 0.3 is 0 Å². The minimum absolute atomic E-state index is 0.0119. The molecule has 110 valence electrons. The number of non-ortho nitro benzene ring substituents is 1. The summed E-state index contributed by atoms with van der Waals surface area (Å²) in [6.07, 6.45) is 0. The van der Waals surface area contributed by atoms with E-state index in [4.69, 9.17) is 4.74 Å². The van der Waals surface area contributed by atoms with E-state index in [-0.39, 0.29) is 11.7 Å². The first-order valence-corrected chi connectivity index (χ1v) is 7.43. The molecule has 0 bridgehead atoms. The fourth-order valence-corrected chi connectivity index (χ4v) is 2.35. The van der Waals surface area contributed by atoms with Crippen LogP contribution in [0.4, 0.5) is 11.4 Å². The second kappa shape index (κ2) is 6.75. The molecular formula is C15H15IN2O3. The van der Waals surface area contributed by atoms with Crippen LogP contribution in [0.15, 0.2) is 42.5 Å². The van der Waals surface area contributed by atoms with Crippen molar-refractivity contribution < 1.29 is 9.66 Å². The number of nitrogens with one attached hydrogen (secondary N) is 1. The van der Waals surface area contributed by atoms with Gasteiger partial charge in [0.25, 0.3) is 5.69 Å². The number of hydrogen-bond donors (Lipinski definition) is 1. The van der Waals surface area contributed by atoms with Crippen LogP contribution >= 0.6 is 22.6 Å². The number of methoxy groups -OCH3 is 1. The molecule has 0 aliphatic carbocycles. The molecule has 0 saturated carbocycles. The number of benzene rings is 2. The first kappa shape index (κ1) is 15.6. The molecule has 0 amide bonds. The average Bonchev–Trinajstić information content (AvgIpc) is 2.47. The predicted octanol–water partition coefficient (Wildman–Crippen LogP) is 4.38. The van der Waals surface area contributed by atoms with Gasteiger partial charge in [0.1, 0.15) is 5.75 Å². The van der Waals surface area contributed by atoms with Gasteiger partial charge in [-0.1, -0.05) is 12.1 Å². The van der Waals surface area contributed by atoms with Crippen LogP contribution in [0.2, 0.25) is 0 Å². The number of halogens is 1. The van der Waals surface area contributed by atoms with Crippen LogP contribution in [0.25, 0.3) is 0 Å². The Morgan fingerprint density at radius 2 is 1.90 bits per heavy atom. The third kappa shape index (κ3) is 3.84. The number of nitro groups is 1. The molecular weight excluding hydrogens is 383 g/mol. The highest BCUT2D eigenvalue weighted by Crippen LogP contribution is 2.31. The third-order valence-electron chi connectivity index (χ3n) is 3.14. The van der Waals surface area contributed by atoms with Gasteiger partial charge in [-0.25, -0.2) is 0 Å². The van der Waals surface area contributed by atoms with Crippen molar-refractivity contribution in [3.63, 3.8) is 0 Å². The highest BCUT2D eigenvalue weighted by molar-refractivity contribution is 14.1. The summed E-state index contributed by atoms with van der Waals surface area (Å²) in [5.41, 5.74) is 1.75. The van der Waals surface area contributed by atoms with E-state index in [0.29, 0.717) is 11.4 Å². The molecule has 5 nitrogen and oxygen atoms in total. The highest BCUT2D eigenvalue weighted by Gasteiger charge is 2.14. The van der Waals surface area contributed by atoms with Gasteiger partial charge in [-0.05, 0) is 53.3 Å². The van der Waals surface area contributed by atoms with Crippen molar-refractivity contribution in [3.8, 4) is 5.75 Å². The standard InChI is InChI=1S/C15H15IN2O3/c1-10(11-3-5-12(16)6-4-11)17-14-9-13(18(19)20)7-8-15(14)21-2/h3-10,17H,1-2H3. The molecule has 6 heteroatoms. The number of anilines is 1. The van der Waals surface area contributed by atoms with E-state index >= 15 is 0 Å². The molecule has 0 spiro atoms. The second-order valence-corrected chi connectivity index (χ2v) is 5.80. The Hall–Kier alpha value is -1.83. The van der Waals surface area contributed by atoms with Crippen molar-refractivity contribution in [1.29, 1.82) is 0 Å². The van der Waals surface area contributed by atoms with Crippen molar-refractivity contribution in [2.24, 2.45) is 0 Å². The van der Waals surface area contributed by atoms with Crippen LogP contribution < -0.4 is 10.1 Å². The maximum Gasteiger partial charge on any atom is 0.271 e. The quantitative estimate of drug-likeness (QED) is 0.461. The van der Waals surface area contributed by atoms with Crippen LogP contribution in [0.5, 0.6) is 5.75 Å². The average molecular weight is 398 g/mol. The third-order valence-corrected chi connectivity index (χ3v) is 3.86. The van der Waals surface area contributed by atoms with Crippen molar-refractivity contribution in [2.75, 3.05) is 12.4 Å². The molecule has 0 radical (unpaired) electrons. The van der Waals surface area contributed by atoms with E-state index in [0.717, 1.165) is 9.13 Å². The first-order valence-electron chi connectivity index (χ1n) is 6.35. The Kier molecular flexibility index (Phi) is 5.00. The van der Waals surface area contributed by atoms with E-state index in [1.54, 1.807) is 13.2 Å². The fourth-order valence-electron chi connectivity index (χ4n) is 1.99. The lowest BCUT2D eigenvalue weighted by Crippen LogP contribution is -2.08. The molecule has 1 atom stereocenters. The fraction of sp³-hybridized carbons (Fsp3) is 0.200. The maximum atomic E-state index is 10.9. The van der Waals surface area contributed by atoms with Crippen LogP contribution in [0, 0.1) is 13.7 Å². The molecule has 21 heavy (non-hydrogen) atoms. The van der Waals surface area contributed by atoms with Crippen LogP contribution in [0.3, 0.4) is 0 Å². The number of nitro benzene ring substituents is 1. The van der Waals surface area contributed by atoms with Gasteiger partial charge in [0.2, 0.25) is 0 Å². The van der Waals surface area contributed by atoms with Crippen LogP contribution in [-0.2, 0) is 0 Å². The van der Waals surface area contributed by atoms with Crippen LogP contribution in [0.1, 0.15) is 18.5 Å². The lowest BCUT2D eigenvalue weighted by molar-refractivity contribution is -0.384. The van der Waals surface area contributed by atoms with E-state index < -0.39 is 4.92 Å². The topological polar surface area (TPSA) is 64.4 Å². The molecule has 0 fully saturated rings. The van der Waals surface area contributed by atoms with Gasteiger partial charge in [-0.2, -0.15) is 0 Å². The Morgan fingerprint density at radius 1 is 1.24 bits per heavy atom. The molecule has 2 rings (SSSR count). The summed E-state index contributed by atoms with van der Waals surface area (Å²) in [6.45, 7) is 2.00. The monoisotopic (exact) mass is 398 g/mol.